The number of alkyl halides is 1. The van der Waals surface area contributed by atoms with Gasteiger partial charge in [0.25, 0.3) is 0 Å². The molecule has 3 nitrogen and oxygen atoms in total. The third-order valence-electron chi connectivity index (χ3n) is 3.34. The Bertz CT molecular complexity index is 720. The zero-order valence-corrected chi connectivity index (χ0v) is 12.4. The molecule has 3 aromatic rings. The molecule has 0 fully saturated rings. The van der Waals surface area contributed by atoms with Gasteiger partial charge in [-0.3, -0.25) is 0 Å². The number of hydrogen-bond acceptors (Lipinski definition) is 2. The molecule has 1 aromatic heterocycles. The van der Waals surface area contributed by atoms with Crippen LogP contribution in [0.25, 0.3) is 16.8 Å². The second-order valence-electron chi connectivity index (χ2n) is 4.63. The first kappa shape index (κ1) is 13.7. The van der Waals surface area contributed by atoms with Crippen molar-refractivity contribution < 1.29 is 4.74 Å². The van der Waals surface area contributed by atoms with Crippen LogP contribution in [-0.4, -0.2) is 16.9 Å². The summed E-state index contributed by atoms with van der Waals surface area (Å²) >= 11 is 6.04. The van der Waals surface area contributed by atoms with E-state index in [1.165, 1.54) is 0 Å². The van der Waals surface area contributed by atoms with E-state index in [4.69, 9.17) is 16.3 Å². The maximum absolute atomic E-state index is 6.04. The molecule has 0 aliphatic heterocycles. The zero-order chi connectivity index (χ0) is 14.7. The van der Waals surface area contributed by atoms with Crippen LogP contribution in [0.2, 0.25) is 0 Å². The number of methoxy groups -OCH3 is 1. The van der Waals surface area contributed by atoms with Crippen molar-refractivity contribution in [1.29, 1.82) is 0 Å². The monoisotopic (exact) mass is 298 g/mol. The summed E-state index contributed by atoms with van der Waals surface area (Å²) in [4.78, 5) is 0. The Morgan fingerprint density at radius 2 is 1.76 bits per heavy atom. The van der Waals surface area contributed by atoms with Gasteiger partial charge in [0.1, 0.15) is 5.75 Å². The van der Waals surface area contributed by atoms with Crippen LogP contribution in [0.15, 0.2) is 60.8 Å². The van der Waals surface area contributed by atoms with E-state index in [0.717, 1.165) is 28.3 Å². The van der Waals surface area contributed by atoms with E-state index in [9.17, 15) is 0 Å². The highest BCUT2D eigenvalue weighted by Gasteiger charge is 2.11. The fraction of sp³-hybridized carbons (Fsp3) is 0.118. The minimum atomic E-state index is 0.376. The topological polar surface area (TPSA) is 27.1 Å². The highest BCUT2D eigenvalue weighted by atomic mass is 35.5. The van der Waals surface area contributed by atoms with Gasteiger partial charge >= 0.3 is 0 Å². The van der Waals surface area contributed by atoms with E-state index in [2.05, 4.69) is 5.10 Å². The molecule has 0 aliphatic rings. The fourth-order valence-electron chi connectivity index (χ4n) is 2.23. The number of hydrogen-bond donors (Lipinski definition) is 0. The summed E-state index contributed by atoms with van der Waals surface area (Å²) in [6.45, 7) is 0. The second kappa shape index (κ2) is 6.02. The van der Waals surface area contributed by atoms with Crippen LogP contribution in [0.1, 0.15) is 5.69 Å². The van der Waals surface area contributed by atoms with E-state index < -0.39 is 0 Å². The van der Waals surface area contributed by atoms with Gasteiger partial charge in [-0.2, -0.15) is 5.10 Å². The molecule has 0 saturated heterocycles. The van der Waals surface area contributed by atoms with E-state index in [1.54, 1.807) is 7.11 Å². The van der Waals surface area contributed by atoms with E-state index in [-0.39, 0.29) is 0 Å². The Labute approximate surface area is 128 Å². The molecular formula is C17H15ClN2O. The molecule has 106 valence electrons. The van der Waals surface area contributed by atoms with Crippen LogP contribution in [0.4, 0.5) is 0 Å². The molecule has 0 unspecified atom stereocenters. The standard InChI is InChI=1S/C17H15ClN2O/c1-21-15-9-7-13(8-10-15)16-12-20(19-17(16)11-18)14-5-3-2-4-6-14/h2-10,12H,11H2,1H3. The van der Waals surface area contributed by atoms with Gasteiger partial charge in [0, 0.05) is 11.8 Å². The number of rotatable bonds is 4. The number of halogens is 1. The van der Waals surface area contributed by atoms with Crippen LogP contribution in [-0.2, 0) is 5.88 Å². The van der Waals surface area contributed by atoms with Crippen molar-refractivity contribution in [2.24, 2.45) is 0 Å². The Kier molecular flexibility index (Phi) is 3.93. The van der Waals surface area contributed by atoms with Crippen LogP contribution in [0.3, 0.4) is 0 Å². The molecule has 0 atom stereocenters. The van der Waals surface area contributed by atoms with E-state index in [1.807, 2.05) is 65.5 Å². The number of aromatic nitrogens is 2. The van der Waals surface area contributed by atoms with Crippen LogP contribution in [0, 0.1) is 0 Å². The van der Waals surface area contributed by atoms with Gasteiger partial charge < -0.3 is 4.74 Å². The van der Waals surface area contributed by atoms with Gasteiger partial charge in [-0.15, -0.1) is 11.6 Å². The molecule has 3 rings (SSSR count). The van der Waals surface area contributed by atoms with Crippen molar-refractivity contribution in [3.63, 3.8) is 0 Å². The lowest BCUT2D eigenvalue weighted by Gasteiger charge is -2.02. The molecule has 0 radical (unpaired) electrons. The molecule has 0 saturated carbocycles. The highest BCUT2D eigenvalue weighted by Crippen LogP contribution is 2.27. The van der Waals surface area contributed by atoms with Crippen molar-refractivity contribution in [3.05, 3.63) is 66.5 Å². The molecule has 0 N–H and O–H groups in total. The Morgan fingerprint density at radius 1 is 1.05 bits per heavy atom. The number of para-hydroxylation sites is 1. The molecule has 0 spiro atoms. The average Bonchev–Trinajstić information content (AvgIpc) is 3.00. The summed E-state index contributed by atoms with van der Waals surface area (Å²) in [6, 6.07) is 17.9. The quantitative estimate of drug-likeness (QED) is 0.672. The minimum absolute atomic E-state index is 0.376. The van der Waals surface area contributed by atoms with Gasteiger partial charge in [0.2, 0.25) is 0 Å². The van der Waals surface area contributed by atoms with Crippen LogP contribution >= 0.6 is 11.6 Å². The molecule has 1 heterocycles. The third-order valence-corrected chi connectivity index (χ3v) is 3.59. The maximum Gasteiger partial charge on any atom is 0.118 e. The third kappa shape index (κ3) is 2.78. The van der Waals surface area contributed by atoms with Crippen molar-refractivity contribution in [3.8, 4) is 22.6 Å². The molecule has 0 amide bonds. The fourth-order valence-corrected chi connectivity index (χ4v) is 2.43. The summed E-state index contributed by atoms with van der Waals surface area (Å²) in [5.74, 6) is 1.21. The molecule has 0 aliphatic carbocycles. The summed E-state index contributed by atoms with van der Waals surface area (Å²) < 4.78 is 7.05. The van der Waals surface area contributed by atoms with Crippen molar-refractivity contribution in [2.45, 2.75) is 5.88 Å². The smallest absolute Gasteiger partial charge is 0.118 e. The number of ether oxygens (including phenoxy) is 1. The molecule has 0 bridgehead atoms. The Balaban J connectivity index is 2.03. The largest absolute Gasteiger partial charge is 0.497 e. The molecule has 21 heavy (non-hydrogen) atoms. The lowest BCUT2D eigenvalue weighted by molar-refractivity contribution is 0.415. The lowest BCUT2D eigenvalue weighted by Crippen LogP contribution is -1.94. The minimum Gasteiger partial charge on any atom is -0.497 e. The predicted octanol–water partition coefficient (Wildman–Crippen LogP) is 4.29. The van der Waals surface area contributed by atoms with Gasteiger partial charge in [0.05, 0.1) is 24.4 Å². The summed E-state index contributed by atoms with van der Waals surface area (Å²) in [5.41, 5.74) is 4.00. The van der Waals surface area contributed by atoms with Gasteiger partial charge in [0.15, 0.2) is 0 Å². The second-order valence-corrected chi connectivity index (χ2v) is 4.90. The summed E-state index contributed by atoms with van der Waals surface area (Å²) in [5, 5.41) is 4.57. The summed E-state index contributed by atoms with van der Waals surface area (Å²) in [7, 11) is 1.66. The average molecular weight is 299 g/mol. The van der Waals surface area contributed by atoms with E-state index >= 15 is 0 Å². The first-order valence-corrected chi connectivity index (χ1v) is 7.19. The number of benzene rings is 2. The highest BCUT2D eigenvalue weighted by molar-refractivity contribution is 6.17. The summed E-state index contributed by atoms with van der Waals surface area (Å²) in [6.07, 6.45) is 2.01. The van der Waals surface area contributed by atoms with Crippen LogP contribution < -0.4 is 4.74 Å². The lowest BCUT2D eigenvalue weighted by atomic mass is 10.1. The van der Waals surface area contributed by atoms with Crippen LogP contribution in [0.5, 0.6) is 5.75 Å². The van der Waals surface area contributed by atoms with Gasteiger partial charge in [-0.25, -0.2) is 4.68 Å². The first-order chi connectivity index (χ1) is 10.3. The van der Waals surface area contributed by atoms with Crippen molar-refractivity contribution in [1.82, 2.24) is 9.78 Å². The molecule has 4 heteroatoms. The zero-order valence-electron chi connectivity index (χ0n) is 11.7. The van der Waals surface area contributed by atoms with Crippen molar-refractivity contribution >= 4 is 11.6 Å². The van der Waals surface area contributed by atoms with Gasteiger partial charge in [-0.1, -0.05) is 30.3 Å². The van der Waals surface area contributed by atoms with Crippen molar-refractivity contribution in [2.75, 3.05) is 7.11 Å². The molecular weight excluding hydrogens is 284 g/mol. The first-order valence-electron chi connectivity index (χ1n) is 6.66. The Morgan fingerprint density at radius 3 is 2.38 bits per heavy atom. The molecule has 2 aromatic carbocycles. The predicted molar refractivity (Wildman–Crippen MR) is 85.1 cm³/mol. The SMILES string of the molecule is COc1ccc(-c2cn(-c3ccccc3)nc2CCl)cc1. The maximum atomic E-state index is 6.04. The van der Waals surface area contributed by atoms with E-state index in [0.29, 0.717) is 5.88 Å². The Hall–Kier alpha value is -2.26. The number of nitrogens with zero attached hydrogens (tertiary/aromatic N) is 2. The normalized spacial score (nSPS) is 10.6. The van der Waals surface area contributed by atoms with Gasteiger partial charge in [-0.05, 0) is 29.8 Å².